The van der Waals surface area contributed by atoms with E-state index in [1.807, 2.05) is 24.3 Å². The fourth-order valence-electron chi connectivity index (χ4n) is 4.50. The number of nitrogens with one attached hydrogen (secondary N) is 1. The lowest BCUT2D eigenvalue weighted by atomic mass is 9.92. The van der Waals surface area contributed by atoms with Gasteiger partial charge in [-0.15, -0.1) is 0 Å². The molecule has 3 aromatic rings. The molecule has 0 saturated carbocycles. The highest BCUT2D eigenvalue weighted by atomic mass is 79.9. The fraction of sp³-hybridized carbons (Fsp3) is 0.130. The molecule has 1 N–H and O–H groups in total. The maximum atomic E-state index is 13.5. The monoisotopic (exact) mass is 497 g/mol. The number of amides is 1. The summed E-state index contributed by atoms with van der Waals surface area (Å²) in [6.45, 7) is 0. The number of ether oxygens (including phenoxy) is 1. The Balaban J connectivity index is 1.58. The zero-order valence-electron chi connectivity index (χ0n) is 15.9. The third-order valence-corrected chi connectivity index (χ3v) is 6.63. The van der Waals surface area contributed by atoms with Crippen molar-refractivity contribution in [1.29, 1.82) is 0 Å². The van der Waals surface area contributed by atoms with Gasteiger partial charge in [-0.3, -0.25) is 4.79 Å². The topological polar surface area (TPSA) is 53.9 Å². The molecule has 0 bridgehead atoms. The van der Waals surface area contributed by atoms with E-state index < -0.39 is 5.72 Å². The highest BCUT2D eigenvalue weighted by Crippen LogP contribution is 2.54. The highest BCUT2D eigenvalue weighted by molar-refractivity contribution is 9.10. The summed E-state index contributed by atoms with van der Waals surface area (Å²) >= 11 is 9.78. The molecule has 0 fully saturated rings. The molecule has 2 atom stereocenters. The Hall–Kier alpha value is -2.90. The maximum Gasteiger partial charge on any atom is 0.306 e. The van der Waals surface area contributed by atoms with E-state index in [1.54, 1.807) is 29.3 Å². The molecular formula is C23H14BrClFN3O2. The van der Waals surface area contributed by atoms with Crippen molar-refractivity contribution in [3.63, 3.8) is 0 Å². The number of fused-ring (bicyclic) bond motifs is 6. The average molecular weight is 499 g/mol. The Labute approximate surface area is 190 Å². The Bertz CT molecular complexity index is 1300. The average Bonchev–Trinajstić information content (AvgIpc) is 3.31. The van der Waals surface area contributed by atoms with Crippen LogP contribution in [0.25, 0.3) is 0 Å². The molecular weight excluding hydrogens is 485 g/mol. The summed E-state index contributed by atoms with van der Waals surface area (Å²) in [7, 11) is 0. The van der Waals surface area contributed by atoms with Crippen LogP contribution in [0.1, 0.15) is 29.2 Å². The van der Waals surface area contributed by atoms with Gasteiger partial charge in [0.2, 0.25) is 0 Å². The van der Waals surface area contributed by atoms with Gasteiger partial charge in [-0.25, -0.2) is 9.40 Å². The number of anilines is 1. The summed E-state index contributed by atoms with van der Waals surface area (Å²) < 4.78 is 20.7. The van der Waals surface area contributed by atoms with Crippen LogP contribution in [0.3, 0.4) is 0 Å². The number of carbonyl (C=O) groups excluding carboxylic acids is 1. The van der Waals surface area contributed by atoms with Gasteiger partial charge >= 0.3 is 5.72 Å². The zero-order chi connectivity index (χ0) is 21.3. The van der Waals surface area contributed by atoms with Gasteiger partial charge in [0.1, 0.15) is 11.6 Å². The summed E-state index contributed by atoms with van der Waals surface area (Å²) in [6.07, 6.45) is 0.528. The molecule has 5 nitrogen and oxygen atoms in total. The summed E-state index contributed by atoms with van der Waals surface area (Å²) in [4.78, 5) is 13.4. The van der Waals surface area contributed by atoms with Crippen LogP contribution in [-0.2, 0) is 10.5 Å². The number of hydrazone groups is 1. The van der Waals surface area contributed by atoms with Gasteiger partial charge in [-0.2, -0.15) is 5.10 Å². The molecule has 3 aromatic carbocycles. The van der Waals surface area contributed by atoms with Crippen molar-refractivity contribution in [2.75, 3.05) is 5.32 Å². The molecule has 3 aliphatic heterocycles. The fourth-order valence-corrected chi connectivity index (χ4v) is 5.04. The SMILES string of the molecule is O=C1Nc2ccc(Br)cc2[C@@]12Oc1ccc(Cl)cc1[C@H]1CC(c3ccc(F)cc3)=NN12. The second-order valence-corrected chi connectivity index (χ2v) is 9.04. The van der Waals surface area contributed by atoms with Gasteiger partial charge in [0.05, 0.1) is 23.0 Å². The number of hydrogen-bond donors (Lipinski definition) is 1. The maximum absolute atomic E-state index is 13.5. The highest BCUT2D eigenvalue weighted by Gasteiger charge is 2.61. The van der Waals surface area contributed by atoms with E-state index in [1.165, 1.54) is 12.1 Å². The van der Waals surface area contributed by atoms with Crippen molar-refractivity contribution in [2.24, 2.45) is 5.10 Å². The minimum atomic E-state index is -1.45. The van der Waals surface area contributed by atoms with Crippen molar-refractivity contribution >= 4 is 44.8 Å². The van der Waals surface area contributed by atoms with E-state index in [4.69, 9.17) is 21.4 Å². The molecule has 154 valence electrons. The number of halogens is 3. The van der Waals surface area contributed by atoms with Crippen molar-refractivity contribution in [1.82, 2.24) is 5.01 Å². The van der Waals surface area contributed by atoms with Gasteiger partial charge in [0.15, 0.2) is 0 Å². The van der Waals surface area contributed by atoms with Crippen LogP contribution in [0.2, 0.25) is 5.02 Å². The second kappa shape index (κ2) is 6.55. The normalized spacial score (nSPS) is 23.1. The third-order valence-electron chi connectivity index (χ3n) is 5.90. The van der Waals surface area contributed by atoms with Crippen molar-refractivity contribution in [2.45, 2.75) is 18.2 Å². The first kappa shape index (κ1) is 18.8. The molecule has 0 aromatic heterocycles. The van der Waals surface area contributed by atoms with Crippen LogP contribution in [0, 0.1) is 5.82 Å². The third kappa shape index (κ3) is 2.66. The summed E-state index contributed by atoms with van der Waals surface area (Å²) in [5.74, 6) is -0.0366. The molecule has 3 aliphatic rings. The van der Waals surface area contributed by atoms with E-state index in [2.05, 4.69) is 21.2 Å². The zero-order valence-corrected chi connectivity index (χ0v) is 18.2. The van der Waals surface area contributed by atoms with Crippen LogP contribution in [0.5, 0.6) is 5.75 Å². The van der Waals surface area contributed by atoms with Crippen molar-refractivity contribution in [3.05, 3.63) is 92.7 Å². The number of hydrogen-bond acceptors (Lipinski definition) is 4. The summed E-state index contributed by atoms with van der Waals surface area (Å²) in [5.41, 5.74) is 2.30. The molecule has 1 amide bonds. The van der Waals surface area contributed by atoms with Crippen LogP contribution >= 0.6 is 27.5 Å². The molecule has 0 aliphatic carbocycles. The lowest BCUT2D eigenvalue weighted by Gasteiger charge is -2.44. The predicted molar refractivity (Wildman–Crippen MR) is 119 cm³/mol. The Kier molecular flexibility index (Phi) is 3.98. The van der Waals surface area contributed by atoms with E-state index in [-0.39, 0.29) is 17.8 Å². The first-order chi connectivity index (χ1) is 15.0. The Morgan fingerprint density at radius 3 is 2.77 bits per heavy atom. The number of rotatable bonds is 1. The predicted octanol–water partition coefficient (Wildman–Crippen LogP) is 5.59. The largest absolute Gasteiger partial charge is 0.453 e. The van der Waals surface area contributed by atoms with Crippen molar-refractivity contribution in [3.8, 4) is 5.75 Å². The number of benzene rings is 3. The molecule has 1 spiro atoms. The van der Waals surface area contributed by atoms with Crippen LogP contribution in [0.15, 0.2) is 70.2 Å². The quantitative estimate of drug-likeness (QED) is 0.476. The molecule has 0 unspecified atom stereocenters. The molecule has 0 radical (unpaired) electrons. The van der Waals surface area contributed by atoms with E-state index in [0.29, 0.717) is 28.4 Å². The standard InChI is InChI=1S/C23H14BrClFN3O2/c24-13-3-7-18-17(9-13)23(22(30)27-18)29-20(16-10-14(25)4-8-21(16)31-23)11-19(28-29)12-1-5-15(26)6-2-12/h1-10,20H,11H2,(H,27,30)/t20-,23-/m1/s1. The summed E-state index contributed by atoms with van der Waals surface area (Å²) in [5, 5.41) is 10.1. The molecule has 3 heterocycles. The molecule has 0 saturated heterocycles. The molecule has 6 rings (SSSR count). The van der Waals surface area contributed by atoms with E-state index in [9.17, 15) is 9.18 Å². The molecule has 8 heteroatoms. The first-order valence-electron chi connectivity index (χ1n) is 9.68. The van der Waals surface area contributed by atoms with Crippen LogP contribution in [0.4, 0.5) is 10.1 Å². The Morgan fingerprint density at radius 1 is 1.16 bits per heavy atom. The van der Waals surface area contributed by atoms with E-state index >= 15 is 0 Å². The minimum absolute atomic E-state index is 0.266. The minimum Gasteiger partial charge on any atom is -0.453 e. The Morgan fingerprint density at radius 2 is 1.97 bits per heavy atom. The van der Waals surface area contributed by atoms with Gasteiger partial charge in [0, 0.05) is 21.5 Å². The van der Waals surface area contributed by atoms with E-state index in [0.717, 1.165) is 21.3 Å². The van der Waals surface area contributed by atoms with Crippen molar-refractivity contribution < 1.29 is 13.9 Å². The van der Waals surface area contributed by atoms with Gasteiger partial charge in [0.25, 0.3) is 5.91 Å². The summed E-state index contributed by atoms with van der Waals surface area (Å²) in [6, 6.07) is 16.9. The lowest BCUT2D eigenvalue weighted by Crippen LogP contribution is -2.55. The van der Waals surface area contributed by atoms with Gasteiger partial charge < -0.3 is 10.1 Å². The smallest absolute Gasteiger partial charge is 0.306 e. The number of nitrogens with zero attached hydrogens (tertiary/aromatic N) is 2. The van der Waals surface area contributed by atoms with Crippen LogP contribution in [-0.4, -0.2) is 16.6 Å². The van der Waals surface area contributed by atoms with Gasteiger partial charge in [-0.1, -0.05) is 39.7 Å². The number of carbonyl (C=O) groups is 1. The molecule has 31 heavy (non-hydrogen) atoms. The van der Waals surface area contributed by atoms with Crippen LogP contribution < -0.4 is 10.1 Å². The first-order valence-corrected chi connectivity index (χ1v) is 10.9. The lowest BCUT2D eigenvalue weighted by molar-refractivity contribution is -0.161. The second-order valence-electron chi connectivity index (χ2n) is 7.69. The van der Waals surface area contributed by atoms with Gasteiger partial charge in [-0.05, 0) is 54.1 Å².